The van der Waals surface area contributed by atoms with Gasteiger partial charge in [-0.2, -0.15) is 0 Å². The van der Waals surface area contributed by atoms with Crippen molar-refractivity contribution >= 4 is 27.3 Å². The molecule has 0 fully saturated rings. The number of nitrogens with one attached hydrogen (secondary N) is 1. The molecule has 1 N–H and O–H groups in total. The first kappa shape index (κ1) is 18.9. The summed E-state index contributed by atoms with van der Waals surface area (Å²) in [5, 5.41) is -0.554. The Morgan fingerprint density at radius 1 is 1.15 bits per heavy atom. The molecule has 3 nitrogen and oxygen atoms in total. The Balaban J connectivity index is 1.85. The summed E-state index contributed by atoms with van der Waals surface area (Å²) in [4.78, 5) is 0. The van der Waals surface area contributed by atoms with E-state index in [1.807, 2.05) is 25.1 Å². The molecule has 0 aliphatic heterocycles. The average Bonchev–Trinajstić information content (AvgIpc) is 2.64. The Bertz CT molecular complexity index is 913. The van der Waals surface area contributed by atoms with Gasteiger partial charge < -0.3 is 0 Å². The molecule has 0 saturated heterocycles. The minimum Gasteiger partial charge on any atom is -0.282 e. The largest absolute Gasteiger partial charge is 0.282 e. The molecule has 3 rings (SSSR count). The molecule has 2 atom stereocenters. The number of anilines is 1. The van der Waals surface area contributed by atoms with E-state index in [0.29, 0.717) is 12.8 Å². The van der Waals surface area contributed by atoms with Crippen molar-refractivity contribution in [2.24, 2.45) is 0 Å². The molecule has 26 heavy (non-hydrogen) atoms. The molecule has 0 aromatic heterocycles. The molecule has 0 bridgehead atoms. The lowest BCUT2D eigenvalue weighted by Gasteiger charge is -2.29. The number of sulfonamides is 1. The Hall–Kier alpha value is -1.85. The molecule has 2 aromatic rings. The lowest BCUT2D eigenvalue weighted by molar-refractivity contribution is 0.561. The third kappa shape index (κ3) is 4.10. The van der Waals surface area contributed by atoms with Gasteiger partial charge in [0.1, 0.15) is 11.1 Å². The van der Waals surface area contributed by atoms with Gasteiger partial charge in [0.25, 0.3) is 0 Å². The fraction of sp³-hybridized carbons (Fsp3) is 0.300. The molecule has 0 spiro atoms. The minimum absolute atomic E-state index is 0.0496. The third-order valence-corrected chi connectivity index (χ3v) is 6.87. The van der Waals surface area contributed by atoms with Gasteiger partial charge >= 0.3 is 0 Å². The van der Waals surface area contributed by atoms with Gasteiger partial charge in [0.2, 0.25) is 10.0 Å². The van der Waals surface area contributed by atoms with E-state index in [1.165, 1.54) is 17.7 Å². The van der Waals surface area contributed by atoms with E-state index in [1.54, 1.807) is 0 Å². The summed E-state index contributed by atoms with van der Waals surface area (Å²) in [7, 11) is -3.66. The van der Waals surface area contributed by atoms with Crippen LogP contribution < -0.4 is 4.72 Å². The zero-order chi connectivity index (χ0) is 18.7. The molecule has 0 amide bonds. The van der Waals surface area contributed by atoms with Crippen molar-refractivity contribution in [3.63, 3.8) is 0 Å². The lowest BCUT2D eigenvalue weighted by Crippen LogP contribution is -2.32. The second-order valence-corrected chi connectivity index (χ2v) is 8.72. The van der Waals surface area contributed by atoms with Crippen LogP contribution in [0.2, 0.25) is 5.02 Å². The van der Waals surface area contributed by atoms with Gasteiger partial charge in [-0.05, 0) is 43.0 Å². The number of allylic oxidation sites excluding steroid dienone is 1. The Morgan fingerprint density at radius 2 is 1.88 bits per heavy atom. The number of rotatable bonds is 5. The summed E-state index contributed by atoms with van der Waals surface area (Å²) < 4.78 is 41.5. The van der Waals surface area contributed by atoms with E-state index in [0.717, 1.165) is 18.1 Å². The van der Waals surface area contributed by atoms with E-state index in [9.17, 15) is 12.8 Å². The van der Waals surface area contributed by atoms with Crippen LogP contribution in [0.3, 0.4) is 0 Å². The van der Waals surface area contributed by atoms with E-state index >= 15 is 0 Å². The predicted octanol–water partition coefficient (Wildman–Crippen LogP) is 5.50. The number of hydrogen-bond donors (Lipinski definition) is 1. The summed E-state index contributed by atoms with van der Waals surface area (Å²) in [5.74, 6) is -0.275. The summed E-state index contributed by atoms with van der Waals surface area (Å²) in [6.07, 6.45) is 4.03. The van der Waals surface area contributed by atoms with Gasteiger partial charge in [-0.25, -0.2) is 12.8 Å². The maximum absolute atomic E-state index is 13.2. The predicted molar refractivity (Wildman–Crippen MR) is 105 cm³/mol. The molecule has 0 saturated carbocycles. The van der Waals surface area contributed by atoms with Crippen molar-refractivity contribution in [2.75, 3.05) is 4.72 Å². The highest BCUT2D eigenvalue weighted by Crippen LogP contribution is 2.36. The molecular weight excluding hydrogens is 373 g/mol. The van der Waals surface area contributed by atoms with Gasteiger partial charge in [-0.15, -0.1) is 0 Å². The van der Waals surface area contributed by atoms with E-state index in [-0.39, 0.29) is 16.6 Å². The highest BCUT2D eigenvalue weighted by atomic mass is 35.5. The number of benzene rings is 2. The Kier molecular flexibility index (Phi) is 5.68. The summed E-state index contributed by atoms with van der Waals surface area (Å²) in [5.41, 5.74) is 2.30. The Morgan fingerprint density at radius 3 is 2.54 bits per heavy atom. The SMILES string of the molecule is CCC1=CC(c2ccccc2)CCC1S(=O)(=O)Nc1ccc(F)cc1Cl. The Labute approximate surface area is 158 Å². The van der Waals surface area contributed by atoms with Gasteiger partial charge in [-0.1, -0.05) is 60.5 Å². The summed E-state index contributed by atoms with van der Waals surface area (Å²) >= 11 is 5.97. The van der Waals surface area contributed by atoms with E-state index in [4.69, 9.17) is 11.6 Å². The smallest absolute Gasteiger partial charge is 0.239 e. The molecule has 6 heteroatoms. The first-order chi connectivity index (χ1) is 12.4. The first-order valence-electron chi connectivity index (χ1n) is 8.63. The fourth-order valence-corrected chi connectivity index (χ4v) is 5.41. The number of halogens is 2. The molecule has 1 aliphatic rings. The highest BCUT2D eigenvalue weighted by molar-refractivity contribution is 7.93. The second kappa shape index (κ2) is 7.80. The summed E-state index contributed by atoms with van der Waals surface area (Å²) in [6.45, 7) is 1.96. The third-order valence-electron chi connectivity index (χ3n) is 4.76. The highest BCUT2D eigenvalue weighted by Gasteiger charge is 2.33. The quantitative estimate of drug-likeness (QED) is 0.681. The van der Waals surface area contributed by atoms with Crippen LogP contribution in [0.1, 0.15) is 37.7 Å². The maximum Gasteiger partial charge on any atom is 0.239 e. The average molecular weight is 394 g/mol. The molecule has 2 aromatic carbocycles. The normalized spacial score (nSPS) is 20.5. The van der Waals surface area contributed by atoms with Crippen molar-refractivity contribution in [1.82, 2.24) is 0 Å². The molecule has 138 valence electrons. The van der Waals surface area contributed by atoms with Crippen LogP contribution in [-0.2, 0) is 10.0 Å². The zero-order valence-electron chi connectivity index (χ0n) is 14.5. The van der Waals surface area contributed by atoms with Crippen LogP contribution in [0.25, 0.3) is 0 Å². The number of hydrogen-bond acceptors (Lipinski definition) is 2. The standard InChI is InChI=1S/C20H21ClFNO2S/c1-2-14-12-16(15-6-4-3-5-7-15)8-11-20(14)26(24,25)23-19-10-9-17(22)13-18(19)21/h3-7,9-10,12-13,16,20,23H,2,8,11H2,1H3. The van der Waals surface area contributed by atoms with Crippen molar-refractivity contribution in [3.8, 4) is 0 Å². The maximum atomic E-state index is 13.2. The van der Waals surface area contributed by atoms with Crippen LogP contribution in [0, 0.1) is 5.82 Å². The topological polar surface area (TPSA) is 46.2 Å². The van der Waals surface area contributed by atoms with Crippen LogP contribution in [-0.4, -0.2) is 13.7 Å². The lowest BCUT2D eigenvalue weighted by atomic mass is 9.84. The molecule has 0 radical (unpaired) electrons. The molecule has 1 aliphatic carbocycles. The van der Waals surface area contributed by atoms with Crippen LogP contribution in [0.15, 0.2) is 60.2 Å². The van der Waals surface area contributed by atoms with Gasteiger partial charge in [0, 0.05) is 5.92 Å². The van der Waals surface area contributed by atoms with E-state index in [2.05, 4.69) is 22.9 Å². The van der Waals surface area contributed by atoms with Crippen LogP contribution in [0.4, 0.5) is 10.1 Å². The molecule has 0 heterocycles. The zero-order valence-corrected chi connectivity index (χ0v) is 16.0. The molecule has 2 unspecified atom stereocenters. The van der Waals surface area contributed by atoms with E-state index < -0.39 is 21.1 Å². The van der Waals surface area contributed by atoms with Crippen LogP contribution in [0.5, 0.6) is 0 Å². The van der Waals surface area contributed by atoms with Gasteiger partial charge in [0.15, 0.2) is 0 Å². The van der Waals surface area contributed by atoms with Crippen molar-refractivity contribution in [3.05, 3.63) is 76.6 Å². The van der Waals surface area contributed by atoms with Crippen LogP contribution >= 0.6 is 11.6 Å². The fourth-order valence-electron chi connectivity index (χ4n) is 3.43. The van der Waals surface area contributed by atoms with Crippen molar-refractivity contribution in [1.29, 1.82) is 0 Å². The van der Waals surface area contributed by atoms with Gasteiger partial charge in [-0.3, -0.25) is 4.72 Å². The monoisotopic (exact) mass is 393 g/mol. The minimum atomic E-state index is -3.66. The van der Waals surface area contributed by atoms with Gasteiger partial charge in [0.05, 0.1) is 10.7 Å². The van der Waals surface area contributed by atoms with Crippen molar-refractivity contribution in [2.45, 2.75) is 37.4 Å². The first-order valence-corrected chi connectivity index (χ1v) is 10.6. The van der Waals surface area contributed by atoms with Crippen molar-refractivity contribution < 1.29 is 12.8 Å². The molecular formula is C20H21ClFNO2S. The second-order valence-electron chi connectivity index (χ2n) is 6.45. The summed E-state index contributed by atoms with van der Waals surface area (Å²) in [6, 6.07) is 13.7.